The molecule has 0 radical (unpaired) electrons. The van der Waals surface area contributed by atoms with Crippen molar-refractivity contribution in [2.45, 2.75) is 13.1 Å². The van der Waals surface area contributed by atoms with E-state index < -0.39 is 0 Å². The molecule has 0 saturated carbocycles. The Balaban J connectivity index is 1.90. The van der Waals surface area contributed by atoms with Crippen LogP contribution in [-0.2, 0) is 13.1 Å². The molecule has 0 spiro atoms. The van der Waals surface area contributed by atoms with Gasteiger partial charge in [0.15, 0.2) is 5.96 Å². The molecule has 2 heterocycles. The van der Waals surface area contributed by atoms with Gasteiger partial charge in [-0.15, -0.1) is 29.3 Å². The van der Waals surface area contributed by atoms with E-state index >= 15 is 0 Å². The summed E-state index contributed by atoms with van der Waals surface area (Å²) < 4.78 is 0. The summed E-state index contributed by atoms with van der Waals surface area (Å²) in [6.45, 7) is 5.75. The molecule has 0 bridgehead atoms. The summed E-state index contributed by atoms with van der Waals surface area (Å²) in [6, 6.07) is 4.15. The lowest BCUT2D eigenvalue weighted by molar-refractivity contribution is 0.837. The first kappa shape index (κ1) is 13.8. The first-order chi connectivity index (χ1) is 9.38. The monoisotopic (exact) mass is 292 g/mol. The van der Waals surface area contributed by atoms with Crippen LogP contribution in [0.1, 0.15) is 10.6 Å². The van der Waals surface area contributed by atoms with Crippen molar-refractivity contribution in [1.29, 1.82) is 0 Å². The van der Waals surface area contributed by atoms with Crippen molar-refractivity contribution in [3.63, 3.8) is 0 Å². The van der Waals surface area contributed by atoms with Gasteiger partial charge in [-0.3, -0.25) is 0 Å². The van der Waals surface area contributed by atoms with Gasteiger partial charge in [0.05, 0.1) is 24.3 Å². The third kappa shape index (κ3) is 4.84. The quantitative estimate of drug-likeness (QED) is 0.489. The summed E-state index contributed by atoms with van der Waals surface area (Å²) >= 11 is 3.31. The Bertz CT molecular complexity index is 503. The fourth-order valence-corrected chi connectivity index (χ4v) is 2.60. The van der Waals surface area contributed by atoms with Gasteiger partial charge in [0, 0.05) is 16.8 Å². The molecule has 4 nitrogen and oxygen atoms in total. The van der Waals surface area contributed by atoms with Gasteiger partial charge < -0.3 is 10.6 Å². The number of rotatable bonds is 6. The number of aliphatic imine (C=N–C) groups is 1. The van der Waals surface area contributed by atoms with E-state index in [1.807, 2.05) is 23.0 Å². The molecule has 0 aromatic carbocycles. The Morgan fingerprint density at radius 3 is 3.11 bits per heavy atom. The molecule has 0 amide bonds. The first-order valence-corrected chi connectivity index (χ1v) is 7.73. The summed E-state index contributed by atoms with van der Waals surface area (Å²) in [5.74, 6) is 0.779. The van der Waals surface area contributed by atoms with E-state index in [1.165, 1.54) is 4.88 Å². The summed E-state index contributed by atoms with van der Waals surface area (Å²) in [4.78, 5) is 9.99. The number of guanidine groups is 1. The molecular weight excluding hydrogens is 276 g/mol. The number of thiazole rings is 1. The number of nitrogens with one attached hydrogen (secondary N) is 2. The van der Waals surface area contributed by atoms with Crippen LogP contribution in [0.5, 0.6) is 0 Å². The zero-order valence-electron chi connectivity index (χ0n) is 10.5. The lowest BCUT2D eigenvalue weighted by Crippen LogP contribution is -2.36. The van der Waals surface area contributed by atoms with Gasteiger partial charge in [0.25, 0.3) is 0 Å². The van der Waals surface area contributed by atoms with Gasteiger partial charge in [-0.05, 0) is 11.4 Å². The van der Waals surface area contributed by atoms with Gasteiger partial charge in [0.1, 0.15) is 0 Å². The zero-order valence-corrected chi connectivity index (χ0v) is 12.1. The largest absolute Gasteiger partial charge is 0.353 e. The third-order valence-electron chi connectivity index (χ3n) is 2.31. The number of hydrogen-bond donors (Lipinski definition) is 2. The second kappa shape index (κ2) is 7.70. The maximum absolute atomic E-state index is 4.50. The Morgan fingerprint density at radius 1 is 1.47 bits per heavy atom. The second-order valence-electron chi connectivity index (χ2n) is 3.75. The van der Waals surface area contributed by atoms with Crippen LogP contribution < -0.4 is 10.6 Å². The van der Waals surface area contributed by atoms with Crippen molar-refractivity contribution in [3.8, 4) is 0 Å². The zero-order chi connectivity index (χ0) is 13.3. The van der Waals surface area contributed by atoms with Gasteiger partial charge in [-0.25, -0.2) is 9.98 Å². The third-order valence-corrected chi connectivity index (χ3v) is 3.82. The van der Waals surface area contributed by atoms with Crippen molar-refractivity contribution >= 4 is 28.6 Å². The molecule has 0 aliphatic carbocycles. The molecule has 100 valence electrons. The molecule has 6 heteroatoms. The molecule has 0 aliphatic heterocycles. The standard InChI is InChI=1S/C13H16N4S2/c1-2-5-14-13(15-7-11-9-18-10-17-11)16-8-12-4-3-6-19-12/h2-4,6,9-10H,1,5,7-8H2,(H2,14,15,16). The molecule has 0 atom stereocenters. The van der Waals surface area contributed by atoms with E-state index in [0.29, 0.717) is 13.1 Å². The molecule has 0 aliphatic rings. The minimum Gasteiger partial charge on any atom is -0.353 e. The molecule has 2 rings (SSSR count). The highest BCUT2D eigenvalue weighted by Gasteiger charge is 2.00. The summed E-state index contributed by atoms with van der Waals surface area (Å²) in [5.41, 5.74) is 2.81. The van der Waals surface area contributed by atoms with Crippen LogP contribution in [0.4, 0.5) is 0 Å². The highest BCUT2D eigenvalue weighted by atomic mass is 32.1. The Labute approximate surface area is 120 Å². The average Bonchev–Trinajstić information content (AvgIpc) is 3.11. The van der Waals surface area contributed by atoms with E-state index in [4.69, 9.17) is 0 Å². The molecule has 2 N–H and O–H groups in total. The topological polar surface area (TPSA) is 49.3 Å². The van der Waals surface area contributed by atoms with Crippen molar-refractivity contribution in [2.24, 2.45) is 4.99 Å². The maximum Gasteiger partial charge on any atom is 0.192 e. The molecular formula is C13H16N4S2. The smallest absolute Gasteiger partial charge is 0.192 e. The predicted octanol–water partition coefficient (Wildman–Crippen LogP) is 2.63. The molecule has 0 fully saturated rings. The van der Waals surface area contributed by atoms with E-state index in [1.54, 1.807) is 22.7 Å². The van der Waals surface area contributed by atoms with Gasteiger partial charge in [0.2, 0.25) is 0 Å². The Kier molecular flexibility index (Phi) is 5.58. The van der Waals surface area contributed by atoms with E-state index in [2.05, 4.69) is 38.6 Å². The van der Waals surface area contributed by atoms with Crippen molar-refractivity contribution in [2.75, 3.05) is 6.54 Å². The van der Waals surface area contributed by atoms with Crippen molar-refractivity contribution < 1.29 is 0 Å². The fourth-order valence-electron chi connectivity index (χ4n) is 1.40. The van der Waals surface area contributed by atoms with Crippen LogP contribution in [0.3, 0.4) is 0 Å². The number of hydrogen-bond acceptors (Lipinski definition) is 4. The van der Waals surface area contributed by atoms with Crippen LogP contribution in [-0.4, -0.2) is 17.5 Å². The van der Waals surface area contributed by atoms with Crippen LogP contribution in [0, 0.1) is 0 Å². The van der Waals surface area contributed by atoms with Gasteiger partial charge in [-0.2, -0.15) is 0 Å². The molecule has 0 saturated heterocycles. The summed E-state index contributed by atoms with van der Waals surface area (Å²) in [5, 5.41) is 10.6. The minimum atomic E-state index is 0.584. The van der Waals surface area contributed by atoms with Crippen LogP contribution in [0.2, 0.25) is 0 Å². The fraction of sp³-hybridized carbons (Fsp3) is 0.231. The normalized spacial score (nSPS) is 11.3. The summed E-state index contributed by atoms with van der Waals surface area (Å²) in [6.07, 6.45) is 1.81. The Morgan fingerprint density at radius 2 is 2.42 bits per heavy atom. The lowest BCUT2D eigenvalue weighted by atomic mass is 10.4. The van der Waals surface area contributed by atoms with Gasteiger partial charge in [-0.1, -0.05) is 12.1 Å². The predicted molar refractivity (Wildman–Crippen MR) is 82.6 cm³/mol. The molecule has 2 aromatic rings. The molecule has 19 heavy (non-hydrogen) atoms. The van der Waals surface area contributed by atoms with Crippen molar-refractivity contribution in [3.05, 3.63) is 51.6 Å². The van der Waals surface area contributed by atoms with Crippen LogP contribution >= 0.6 is 22.7 Å². The van der Waals surface area contributed by atoms with Crippen LogP contribution in [0.25, 0.3) is 0 Å². The highest BCUT2D eigenvalue weighted by molar-refractivity contribution is 7.09. The maximum atomic E-state index is 4.50. The van der Waals surface area contributed by atoms with Gasteiger partial charge >= 0.3 is 0 Å². The molecule has 2 aromatic heterocycles. The van der Waals surface area contributed by atoms with Crippen molar-refractivity contribution in [1.82, 2.24) is 15.6 Å². The lowest BCUT2D eigenvalue weighted by Gasteiger charge is -2.10. The highest BCUT2D eigenvalue weighted by Crippen LogP contribution is 2.07. The van der Waals surface area contributed by atoms with E-state index in [0.717, 1.165) is 18.2 Å². The number of thiophene rings is 1. The summed E-state index contributed by atoms with van der Waals surface area (Å²) in [7, 11) is 0. The van der Waals surface area contributed by atoms with E-state index in [-0.39, 0.29) is 0 Å². The Hall–Kier alpha value is -1.66. The minimum absolute atomic E-state index is 0.584. The number of aromatic nitrogens is 1. The number of nitrogens with zero attached hydrogens (tertiary/aromatic N) is 2. The second-order valence-corrected chi connectivity index (χ2v) is 5.50. The first-order valence-electron chi connectivity index (χ1n) is 5.91. The molecule has 0 unspecified atom stereocenters. The average molecular weight is 292 g/mol. The van der Waals surface area contributed by atoms with E-state index in [9.17, 15) is 0 Å². The SMILES string of the molecule is C=CCNC(=NCc1cscn1)NCc1cccs1. The van der Waals surface area contributed by atoms with Crippen LogP contribution in [0.15, 0.2) is 46.1 Å².